The van der Waals surface area contributed by atoms with Crippen molar-refractivity contribution in [1.82, 2.24) is 23.9 Å². The van der Waals surface area contributed by atoms with E-state index in [1.54, 1.807) is 0 Å². The lowest BCUT2D eigenvalue weighted by Crippen LogP contribution is -2.01. The van der Waals surface area contributed by atoms with Crippen LogP contribution in [-0.2, 0) is 0 Å². The van der Waals surface area contributed by atoms with Gasteiger partial charge in [0.2, 0.25) is 0 Å². The van der Waals surface area contributed by atoms with Crippen LogP contribution in [0.2, 0.25) is 0 Å². The van der Waals surface area contributed by atoms with Crippen LogP contribution in [0.15, 0.2) is 152 Å². The summed E-state index contributed by atoms with van der Waals surface area (Å²) in [4.78, 5) is 14.9. The van der Waals surface area contributed by atoms with Crippen LogP contribution in [0, 0.1) is 0 Å². The van der Waals surface area contributed by atoms with Gasteiger partial charge >= 0.3 is 0 Å². The molecule has 0 saturated heterocycles. The SMILES string of the molecule is c1ccc(-c2nc(-c3ccccc3)nc(-c3cccc(-n4c5ccccc5c5cc6c7ccccc7n7ccc(c54)c67)c3)n2)cc1. The summed E-state index contributed by atoms with van der Waals surface area (Å²) in [6, 6.07) is 50.8. The van der Waals surface area contributed by atoms with E-state index in [2.05, 4.69) is 100 Å². The van der Waals surface area contributed by atoms with E-state index in [4.69, 9.17) is 15.0 Å². The first-order chi connectivity index (χ1) is 22.8. The van der Waals surface area contributed by atoms with E-state index < -0.39 is 0 Å². The molecule has 0 N–H and O–H groups in total. The maximum atomic E-state index is 5.01. The van der Waals surface area contributed by atoms with Crippen LogP contribution >= 0.6 is 0 Å². The maximum absolute atomic E-state index is 5.01. The number of hydrogen-bond donors (Lipinski definition) is 0. The highest BCUT2D eigenvalue weighted by molar-refractivity contribution is 6.27. The smallest absolute Gasteiger partial charge is 0.164 e. The molecular formula is C41H25N5. The molecule has 0 fully saturated rings. The van der Waals surface area contributed by atoms with E-state index in [1.165, 1.54) is 49.0 Å². The van der Waals surface area contributed by atoms with Gasteiger partial charge in [-0.2, -0.15) is 0 Å². The predicted octanol–water partition coefficient (Wildman–Crippen LogP) is 9.97. The fourth-order valence-corrected chi connectivity index (χ4v) is 7.09. The lowest BCUT2D eigenvalue weighted by atomic mass is 10.1. The first-order valence-corrected chi connectivity index (χ1v) is 15.5. The lowest BCUT2D eigenvalue weighted by Gasteiger charge is -2.12. The number of aromatic nitrogens is 5. The van der Waals surface area contributed by atoms with Gasteiger partial charge in [0, 0.05) is 55.5 Å². The molecule has 0 aliphatic heterocycles. The van der Waals surface area contributed by atoms with Crippen molar-refractivity contribution in [2.75, 3.05) is 0 Å². The molecule has 5 heteroatoms. The van der Waals surface area contributed by atoms with Crippen LogP contribution in [0.1, 0.15) is 0 Å². The van der Waals surface area contributed by atoms with Crippen LogP contribution < -0.4 is 0 Å². The summed E-state index contributed by atoms with van der Waals surface area (Å²) < 4.78 is 4.73. The van der Waals surface area contributed by atoms with Gasteiger partial charge < -0.3 is 8.97 Å². The zero-order valence-corrected chi connectivity index (χ0v) is 24.7. The maximum Gasteiger partial charge on any atom is 0.164 e. The molecule has 0 aliphatic carbocycles. The first-order valence-electron chi connectivity index (χ1n) is 15.5. The molecule has 10 rings (SSSR count). The van der Waals surface area contributed by atoms with Gasteiger partial charge in [-0.25, -0.2) is 15.0 Å². The summed E-state index contributed by atoms with van der Waals surface area (Å²) in [5.41, 5.74) is 8.76. The predicted molar refractivity (Wildman–Crippen MR) is 188 cm³/mol. The average molecular weight is 588 g/mol. The van der Waals surface area contributed by atoms with E-state index in [-0.39, 0.29) is 0 Å². The van der Waals surface area contributed by atoms with E-state index in [0.29, 0.717) is 17.5 Å². The van der Waals surface area contributed by atoms with E-state index >= 15 is 0 Å². The first kappa shape index (κ1) is 25.0. The average Bonchev–Trinajstić information content (AvgIpc) is 3.81. The van der Waals surface area contributed by atoms with Crippen LogP contribution in [0.5, 0.6) is 0 Å². The molecule has 0 radical (unpaired) electrons. The topological polar surface area (TPSA) is 48.0 Å². The summed E-state index contributed by atoms with van der Waals surface area (Å²) in [5.74, 6) is 1.95. The van der Waals surface area contributed by atoms with Crippen molar-refractivity contribution in [3.05, 3.63) is 152 Å². The minimum Gasteiger partial charge on any atom is -0.315 e. The lowest BCUT2D eigenvalue weighted by molar-refractivity contribution is 1.07. The molecule has 5 nitrogen and oxygen atoms in total. The molecule has 0 spiro atoms. The Balaban J connectivity index is 1.24. The largest absolute Gasteiger partial charge is 0.315 e. The number of hydrogen-bond acceptors (Lipinski definition) is 3. The van der Waals surface area contributed by atoms with Gasteiger partial charge in [0.1, 0.15) is 0 Å². The van der Waals surface area contributed by atoms with Crippen molar-refractivity contribution in [1.29, 1.82) is 0 Å². The zero-order chi connectivity index (χ0) is 30.2. The quantitative estimate of drug-likeness (QED) is 0.206. The molecule has 0 bridgehead atoms. The molecule has 46 heavy (non-hydrogen) atoms. The van der Waals surface area contributed by atoms with Crippen LogP contribution in [-0.4, -0.2) is 23.9 Å². The van der Waals surface area contributed by atoms with Gasteiger partial charge in [0.25, 0.3) is 0 Å². The molecule has 0 saturated carbocycles. The van der Waals surface area contributed by atoms with E-state index in [1.807, 2.05) is 60.7 Å². The fraction of sp³-hybridized carbons (Fsp3) is 0. The molecular weight excluding hydrogens is 562 g/mol. The van der Waals surface area contributed by atoms with Crippen molar-refractivity contribution >= 4 is 49.0 Å². The normalized spacial score (nSPS) is 11.9. The number of nitrogens with zero attached hydrogens (tertiary/aromatic N) is 5. The standard InChI is InChI=1S/C41H25N5/c1-3-12-26(13-4-1)39-42-40(27-14-5-2-6-15-27)44-41(43-39)28-16-11-17-29(24-28)46-36-21-10-8-19-31(36)34-25-33-30-18-7-9-20-35(30)45-23-22-32(37(33)45)38(34)46/h1-25H. The summed E-state index contributed by atoms with van der Waals surface area (Å²) >= 11 is 0. The third-order valence-corrected chi connectivity index (χ3v) is 9.11. The molecule has 6 aromatic carbocycles. The highest BCUT2D eigenvalue weighted by Crippen LogP contribution is 2.42. The highest BCUT2D eigenvalue weighted by Gasteiger charge is 2.21. The number of rotatable bonds is 4. The van der Waals surface area contributed by atoms with Crippen LogP contribution in [0.3, 0.4) is 0 Å². The second-order valence-electron chi connectivity index (χ2n) is 11.7. The molecule has 10 aromatic rings. The summed E-state index contributed by atoms with van der Waals surface area (Å²) in [5, 5.41) is 6.28. The van der Waals surface area contributed by atoms with Crippen molar-refractivity contribution in [2.24, 2.45) is 0 Å². The van der Waals surface area contributed by atoms with Gasteiger partial charge in [-0.1, -0.05) is 109 Å². The Morgan fingerprint density at radius 1 is 0.370 bits per heavy atom. The Hall–Kier alpha value is -6.33. The zero-order valence-electron chi connectivity index (χ0n) is 24.7. The molecule has 0 atom stereocenters. The van der Waals surface area contributed by atoms with Crippen molar-refractivity contribution in [2.45, 2.75) is 0 Å². The molecule has 0 amide bonds. The van der Waals surface area contributed by atoms with Gasteiger partial charge in [0.05, 0.1) is 22.1 Å². The summed E-state index contributed by atoms with van der Waals surface area (Å²) in [7, 11) is 0. The molecule has 0 unspecified atom stereocenters. The minimum absolute atomic E-state index is 0.641. The number of para-hydroxylation sites is 2. The van der Waals surface area contributed by atoms with Crippen molar-refractivity contribution in [3.8, 4) is 39.9 Å². The Bertz CT molecular complexity index is 2680. The van der Waals surface area contributed by atoms with E-state index in [9.17, 15) is 0 Å². The third kappa shape index (κ3) is 3.60. The number of benzene rings is 6. The Morgan fingerprint density at radius 3 is 1.61 bits per heavy atom. The molecule has 214 valence electrons. The van der Waals surface area contributed by atoms with Crippen molar-refractivity contribution in [3.63, 3.8) is 0 Å². The van der Waals surface area contributed by atoms with Gasteiger partial charge in [-0.15, -0.1) is 0 Å². The Labute approximate surface area is 264 Å². The number of fused-ring (bicyclic) bond motifs is 7. The fourth-order valence-electron chi connectivity index (χ4n) is 7.09. The van der Waals surface area contributed by atoms with Crippen molar-refractivity contribution < 1.29 is 0 Å². The van der Waals surface area contributed by atoms with E-state index in [0.717, 1.165) is 22.4 Å². The Kier molecular flexibility index (Phi) is 5.22. The van der Waals surface area contributed by atoms with Crippen LogP contribution in [0.4, 0.5) is 0 Å². The molecule has 4 heterocycles. The highest BCUT2D eigenvalue weighted by atomic mass is 15.0. The molecule has 4 aromatic heterocycles. The summed E-state index contributed by atoms with van der Waals surface area (Å²) in [6.45, 7) is 0. The second-order valence-corrected chi connectivity index (χ2v) is 11.7. The Morgan fingerprint density at radius 2 is 0.913 bits per heavy atom. The summed E-state index contributed by atoms with van der Waals surface area (Å²) in [6.07, 6.45) is 2.21. The van der Waals surface area contributed by atoms with Gasteiger partial charge in [-0.05, 0) is 36.4 Å². The van der Waals surface area contributed by atoms with Gasteiger partial charge in [0.15, 0.2) is 17.5 Å². The minimum atomic E-state index is 0.641. The van der Waals surface area contributed by atoms with Gasteiger partial charge in [-0.3, -0.25) is 0 Å². The monoisotopic (exact) mass is 587 g/mol. The second kappa shape index (κ2) is 9.58. The molecule has 0 aliphatic rings. The third-order valence-electron chi connectivity index (χ3n) is 9.11. The van der Waals surface area contributed by atoms with Crippen LogP contribution in [0.25, 0.3) is 88.8 Å².